The van der Waals surface area contributed by atoms with E-state index in [1.54, 1.807) is 0 Å². The van der Waals surface area contributed by atoms with E-state index in [-0.39, 0.29) is 0 Å². The maximum atomic E-state index is 6.11. The van der Waals surface area contributed by atoms with E-state index in [9.17, 15) is 0 Å². The molecule has 3 aromatic carbocycles. The Kier molecular flexibility index (Phi) is 5.10. The second-order valence-electron chi connectivity index (χ2n) is 7.14. The van der Waals surface area contributed by atoms with Crippen LogP contribution in [0.3, 0.4) is 0 Å². The van der Waals surface area contributed by atoms with E-state index in [4.69, 9.17) is 4.74 Å². The molecule has 0 saturated heterocycles. The van der Waals surface area contributed by atoms with Crippen LogP contribution in [0.25, 0.3) is 21.9 Å². The van der Waals surface area contributed by atoms with E-state index >= 15 is 0 Å². The Balaban J connectivity index is 1.76. The average molecular weight is 358 g/mol. The lowest BCUT2D eigenvalue weighted by atomic mass is 9.98. The van der Waals surface area contributed by atoms with Gasteiger partial charge >= 0.3 is 0 Å². The molecule has 27 heavy (non-hydrogen) atoms. The van der Waals surface area contributed by atoms with Crippen molar-refractivity contribution in [2.24, 2.45) is 4.99 Å². The van der Waals surface area contributed by atoms with Crippen molar-refractivity contribution in [3.63, 3.8) is 0 Å². The Morgan fingerprint density at radius 2 is 1.78 bits per heavy atom. The Bertz CT molecular complexity index is 974. The van der Waals surface area contributed by atoms with E-state index in [1.807, 2.05) is 0 Å². The second kappa shape index (κ2) is 7.83. The molecule has 1 aliphatic rings. The van der Waals surface area contributed by atoms with Crippen molar-refractivity contribution < 1.29 is 4.74 Å². The quantitative estimate of drug-likeness (QED) is 0.603. The van der Waals surface area contributed by atoms with E-state index in [0.29, 0.717) is 0 Å². The summed E-state index contributed by atoms with van der Waals surface area (Å²) in [6, 6.07) is 19.7. The number of nitrogens with one attached hydrogen (secondary N) is 1. The SMILES string of the molecule is CCCCOc1cc2ccc(-c3ccc(C)cc3)cc2cc1C1=NCCN1. The normalized spacial score (nSPS) is 13.5. The first-order valence-electron chi connectivity index (χ1n) is 9.81. The number of benzene rings is 3. The maximum Gasteiger partial charge on any atom is 0.132 e. The lowest BCUT2D eigenvalue weighted by Crippen LogP contribution is -2.20. The van der Waals surface area contributed by atoms with E-state index in [2.05, 4.69) is 78.8 Å². The zero-order valence-electron chi connectivity index (χ0n) is 16.1. The van der Waals surface area contributed by atoms with Crippen LogP contribution in [0.4, 0.5) is 0 Å². The summed E-state index contributed by atoms with van der Waals surface area (Å²) in [4.78, 5) is 4.62. The van der Waals surface area contributed by atoms with Gasteiger partial charge in [0.1, 0.15) is 11.6 Å². The average Bonchev–Trinajstić information content (AvgIpc) is 3.22. The molecule has 0 aromatic heterocycles. The highest BCUT2D eigenvalue weighted by molar-refractivity contribution is 6.06. The molecule has 0 saturated carbocycles. The van der Waals surface area contributed by atoms with E-state index in [0.717, 1.165) is 49.7 Å². The minimum absolute atomic E-state index is 0.740. The molecule has 3 aromatic rings. The summed E-state index contributed by atoms with van der Waals surface area (Å²) in [7, 11) is 0. The zero-order valence-corrected chi connectivity index (χ0v) is 16.1. The fraction of sp³-hybridized carbons (Fsp3) is 0.292. The number of nitrogens with zero attached hydrogens (tertiary/aromatic N) is 1. The van der Waals surface area contributed by atoms with E-state index in [1.165, 1.54) is 27.5 Å². The lowest BCUT2D eigenvalue weighted by molar-refractivity contribution is 0.309. The molecule has 0 radical (unpaired) electrons. The topological polar surface area (TPSA) is 33.6 Å². The third-order valence-corrected chi connectivity index (χ3v) is 5.01. The molecular weight excluding hydrogens is 332 g/mol. The molecule has 0 atom stereocenters. The molecule has 3 heteroatoms. The Morgan fingerprint density at radius 3 is 2.52 bits per heavy atom. The van der Waals surface area contributed by atoms with Crippen LogP contribution >= 0.6 is 0 Å². The van der Waals surface area contributed by atoms with Crippen molar-refractivity contribution in [3.8, 4) is 16.9 Å². The highest BCUT2D eigenvalue weighted by Crippen LogP contribution is 2.31. The molecule has 0 bridgehead atoms. The minimum Gasteiger partial charge on any atom is -0.493 e. The van der Waals surface area contributed by atoms with Gasteiger partial charge in [0.05, 0.1) is 18.7 Å². The molecule has 0 amide bonds. The van der Waals surface area contributed by atoms with E-state index < -0.39 is 0 Å². The molecule has 1 heterocycles. The van der Waals surface area contributed by atoms with Crippen molar-refractivity contribution >= 4 is 16.6 Å². The van der Waals surface area contributed by atoms with Crippen molar-refractivity contribution in [1.82, 2.24) is 5.32 Å². The number of amidine groups is 1. The zero-order chi connectivity index (χ0) is 18.6. The number of rotatable bonds is 6. The number of aryl methyl sites for hydroxylation is 1. The van der Waals surface area contributed by atoms with Gasteiger partial charge in [0, 0.05) is 6.54 Å². The fourth-order valence-corrected chi connectivity index (χ4v) is 3.41. The van der Waals surface area contributed by atoms with Gasteiger partial charge in [-0.3, -0.25) is 4.99 Å². The summed E-state index contributed by atoms with van der Waals surface area (Å²) < 4.78 is 6.11. The number of unbranched alkanes of at least 4 members (excludes halogenated alkanes) is 1. The van der Waals surface area contributed by atoms with Gasteiger partial charge in [0.15, 0.2) is 0 Å². The standard InChI is InChI=1S/C24H26N2O/c1-3-4-13-27-23-16-20-10-9-19(18-7-5-17(2)6-8-18)14-21(20)15-22(23)24-25-11-12-26-24/h5-10,14-16H,3-4,11-13H2,1-2H3,(H,25,26). The van der Waals surface area contributed by atoms with Gasteiger partial charge < -0.3 is 10.1 Å². The molecular formula is C24H26N2O. The van der Waals surface area contributed by atoms with Gasteiger partial charge in [-0.1, -0.05) is 55.3 Å². The Hall–Kier alpha value is -2.81. The van der Waals surface area contributed by atoms with Gasteiger partial charge in [-0.05, 0) is 53.4 Å². The first-order chi connectivity index (χ1) is 13.2. The van der Waals surface area contributed by atoms with Crippen LogP contribution in [0, 0.1) is 6.92 Å². The van der Waals surface area contributed by atoms with Gasteiger partial charge in [-0.2, -0.15) is 0 Å². The third-order valence-electron chi connectivity index (χ3n) is 5.01. The molecule has 1 N–H and O–H groups in total. The first-order valence-corrected chi connectivity index (χ1v) is 9.81. The third kappa shape index (κ3) is 3.82. The second-order valence-corrected chi connectivity index (χ2v) is 7.14. The lowest BCUT2D eigenvalue weighted by Gasteiger charge is -2.14. The molecule has 0 spiro atoms. The summed E-state index contributed by atoms with van der Waals surface area (Å²) in [5, 5.41) is 5.80. The largest absolute Gasteiger partial charge is 0.493 e. The van der Waals surface area contributed by atoms with Crippen LogP contribution in [0.15, 0.2) is 59.6 Å². The Morgan fingerprint density at radius 1 is 0.963 bits per heavy atom. The predicted octanol–water partition coefficient (Wildman–Crippen LogP) is 5.34. The summed E-state index contributed by atoms with van der Waals surface area (Å²) in [5.74, 6) is 1.87. The fourth-order valence-electron chi connectivity index (χ4n) is 3.41. The predicted molar refractivity (Wildman–Crippen MR) is 114 cm³/mol. The molecule has 0 fully saturated rings. The van der Waals surface area contributed by atoms with Gasteiger partial charge in [-0.15, -0.1) is 0 Å². The van der Waals surface area contributed by atoms with Crippen LogP contribution in [-0.4, -0.2) is 25.5 Å². The molecule has 1 aliphatic heterocycles. The van der Waals surface area contributed by atoms with Gasteiger partial charge in [-0.25, -0.2) is 0 Å². The number of aliphatic imine (C=N–C) groups is 1. The van der Waals surface area contributed by atoms with Crippen LogP contribution in [0.1, 0.15) is 30.9 Å². The van der Waals surface area contributed by atoms with Crippen LogP contribution in [-0.2, 0) is 0 Å². The van der Waals surface area contributed by atoms with Crippen LogP contribution in [0.5, 0.6) is 5.75 Å². The maximum absolute atomic E-state index is 6.11. The van der Waals surface area contributed by atoms with Gasteiger partial charge in [0.25, 0.3) is 0 Å². The summed E-state index contributed by atoms with van der Waals surface area (Å²) in [6.07, 6.45) is 2.19. The number of hydrogen-bond donors (Lipinski definition) is 1. The van der Waals surface area contributed by atoms with Gasteiger partial charge in [0.2, 0.25) is 0 Å². The van der Waals surface area contributed by atoms with Crippen molar-refractivity contribution in [2.75, 3.05) is 19.7 Å². The number of hydrogen-bond acceptors (Lipinski definition) is 3. The molecule has 4 rings (SSSR count). The molecule has 3 nitrogen and oxygen atoms in total. The number of fused-ring (bicyclic) bond motifs is 1. The summed E-state index contributed by atoms with van der Waals surface area (Å²) in [5.41, 5.74) is 4.82. The van der Waals surface area contributed by atoms with Crippen LogP contribution < -0.4 is 10.1 Å². The van der Waals surface area contributed by atoms with Crippen molar-refractivity contribution in [1.29, 1.82) is 0 Å². The summed E-state index contributed by atoms with van der Waals surface area (Å²) >= 11 is 0. The highest BCUT2D eigenvalue weighted by Gasteiger charge is 2.15. The molecule has 0 unspecified atom stereocenters. The summed E-state index contributed by atoms with van der Waals surface area (Å²) in [6.45, 7) is 6.76. The van der Waals surface area contributed by atoms with Crippen molar-refractivity contribution in [3.05, 3.63) is 65.7 Å². The first kappa shape index (κ1) is 17.6. The monoisotopic (exact) mass is 358 g/mol. The van der Waals surface area contributed by atoms with Crippen molar-refractivity contribution in [2.45, 2.75) is 26.7 Å². The smallest absolute Gasteiger partial charge is 0.132 e. The Labute approximate surface area is 161 Å². The van der Waals surface area contributed by atoms with Crippen LogP contribution in [0.2, 0.25) is 0 Å². The number of ether oxygens (including phenoxy) is 1. The molecule has 0 aliphatic carbocycles. The molecule has 138 valence electrons. The highest BCUT2D eigenvalue weighted by atomic mass is 16.5. The minimum atomic E-state index is 0.740.